The molecule has 1 atom stereocenters. The molecule has 0 radical (unpaired) electrons. The van der Waals surface area contributed by atoms with E-state index in [-0.39, 0.29) is 6.10 Å². The zero-order valence-corrected chi connectivity index (χ0v) is 13.6. The maximum Gasteiger partial charge on any atom is 0.133 e. The molecule has 0 aromatic heterocycles. The molecule has 0 aliphatic rings. The van der Waals surface area contributed by atoms with Gasteiger partial charge in [-0.05, 0) is 53.5 Å². The summed E-state index contributed by atoms with van der Waals surface area (Å²) < 4.78 is 11.9. The predicted molar refractivity (Wildman–Crippen MR) is 82.7 cm³/mol. The Hall–Kier alpha value is -0.580. The Kier molecular flexibility index (Phi) is 8.10. The highest BCUT2D eigenvalue weighted by Crippen LogP contribution is 2.27. The molecule has 4 heteroatoms. The number of rotatable bonds is 9. The molecular weight excluding hydrogens is 306 g/mol. The summed E-state index contributed by atoms with van der Waals surface area (Å²) in [5.41, 5.74) is 1.26. The van der Waals surface area contributed by atoms with Crippen LogP contribution in [-0.2, 0) is 11.3 Å². The molecule has 1 N–H and O–H groups in total. The van der Waals surface area contributed by atoms with Gasteiger partial charge in [0.2, 0.25) is 0 Å². The fourth-order valence-electron chi connectivity index (χ4n) is 1.72. The molecule has 0 heterocycles. The van der Waals surface area contributed by atoms with Crippen LogP contribution in [0.15, 0.2) is 22.7 Å². The first-order valence-corrected chi connectivity index (χ1v) is 7.61. The van der Waals surface area contributed by atoms with Gasteiger partial charge in [0.25, 0.3) is 0 Å². The van der Waals surface area contributed by atoms with Crippen molar-refractivity contribution in [3.63, 3.8) is 0 Å². The van der Waals surface area contributed by atoms with Crippen LogP contribution in [0.4, 0.5) is 0 Å². The number of hydrogen-bond donors (Lipinski definition) is 1. The number of hydrogen-bond acceptors (Lipinski definition) is 3. The number of benzene rings is 1. The average Bonchev–Trinajstić information content (AvgIpc) is 2.40. The van der Waals surface area contributed by atoms with Gasteiger partial charge in [-0.25, -0.2) is 0 Å². The van der Waals surface area contributed by atoms with Crippen molar-refractivity contribution in [2.75, 3.05) is 20.3 Å². The normalized spacial score (nSPS) is 12.4. The first-order valence-electron chi connectivity index (χ1n) is 6.82. The number of nitrogens with one attached hydrogen (secondary N) is 1. The van der Waals surface area contributed by atoms with Crippen molar-refractivity contribution in [3.8, 4) is 5.75 Å². The van der Waals surface area contributed by atoms with E-state index in [9.17, 15) is 0 Å². The van der Waals surface area contributed by atoms with Crippen molar-refractivity contribution in [2.45, 2.75) is 39.3 Å². The lowest BCUT2D eigenvalue weighted by Crippen LogP contribution is -2.15. The van der Waals surface area contributed by atoms with E-state index >= 15 is 0 Å². The SMILES string of the molecule is CCCNCc1ccc(OC(C)CCOC)c(Br)c1. The molecule has 0 saturated carbocycles. The first kappa shape index (κ1) is 16.5. The molecule has 0 fully saturated rings. The minimum absolute atomic E-state index is 0.153. The van der Waals surface area contributed by atoms with Gasteiger partial charge >= 0.3 is 0 Å². The maximum atomic E-state index is 5.88. The number of halogens is 1. The van der Waals surface area contributed by atoms with Crippen LogP contribution in [0.3, 0.4) is 0 Å². The molecule has 0 aliphatic heterocycles. The van der Waals surface area contributed by atoms with E-state index in [1.54, 1.807) is 7.11 Å². The summed E-state index contributed by atoms with van der Waals surface area (Å²) in [6.07, 6.45) is 2.20. The predicted octanol–water partition coefficient (Wildman–Crippen LogP) is 3.75. The second-order valence-corrected chi connectivity index (χ2v) is 5.51. The van der Waals surface area contributed by atoms with Crippen molar-refractivity contribution in [1.82, 2.24) is 5.32 Å². The Morgan fingerprint density at radius 2 is 2.16 bits per heavy atom. The number of ether oxygens (including phenoxy) is 2. The van der Waals surface area contributed by atoms with Crippen LogP contribution in [0.2, 0.25) is 0 Å². The Morgan fingerprint density at radius 1 is 1.37 bits per heavy atom. The van der Waals surface area contributed by atoms with Gasteiger partial charge in [0.05, 0.1) is 10.6 Å². The van der Waals surface area contributed by atoms with E-state index in [1.165, 1.54) is 5.56 Å². The minimum Gasteiger partial charge on any atom is -0.489 e. The van der Waals surface area contributed by atoms with Crippen LogP contribution in [0, 0.1) is 0 Å². The summed E-state index contributed by atoms with van der Waals surface area (Å²) in [7, 11) is 1.71. The molecule has 0 saturated heterocycles. The second-order valence-electron chi connectivity index (χ2n) is 4.65. The standard InChI is InChI=1S/C15H24BrNO2/c1-4-8-17-11-13-5-6-15(14(16)10-13)19-12(2)7-9-18-3/h5-6,10,12,17H,4,7-9,11H2,1-3H3. The molecule has 3 nitrogen and oxygen atoms in total. The Labute approximate surface area is 124 Å². The molecular formula is C15H24BrNO2. The summed E-state index contributed by atoms with van der Waals surface area (Å²) in [6.45, 7) is 6.89. The van der Waals surface area contributed by atoms with E-state index < -0.39 is 0 Å². The molecule has 108 valence electrons. The van der Waals surface area contributed by atoms with Gasteiger partial charge in [-0.2, -0.15) is 0 Å². The van der Waals surface area contributed by atoms with Crippen molar-refractivity contribution in [1.29, 1.82) is 0 Å². The van der Waals surface area contributed by atoms with Crippen LogP contribution in [0.5, 0.6) is 5.75 Å². The van der Waals surface area contributed by atoms with Gasteiger partial charge in [-0.15, -0.1) is 0 Å². The van der Waals surface area contributed by atoms with E-state index in [0.29, 0.717) is 0 Å². The summed E-state index contributed by atoms with van der Waals surface area (Å²) >= 11 is 3.57. The van der Waals surface area contributed by atoms with Gasteiger partial charge in [0.15, 0.2) is 0 Å². The molecule has 19 heavy (non-hydrogen) atoms. The summed E-state index contributed by atoms with van der Waals surface area (Å²) in [5.74, 6) is 0.892. The highest BCUT2D eigenvalue weighted by Gasteiger charge is 2.07. The third kappa shape index (κ3) is 6.41. The molecule has 0 amide bonds. The van der Waals surface area contributed by atoms with E-state index in [0.717, 1.165) is 42.8 Å². The Balaban J connectivity index is 2.51. The van der Waals surface area contributed by atoms with Gasteiger partial charge in [-0.1, -0.05) is 13.0 Å². The van der Waals surface area contributed by atoms with Crippen molar-refractivity contribution < 1.29 is 9.47 Å². The van der Waals surface area contributed by atoms with Crippen molar-refractivity contribution >= 4 is 15.9 Å². The minimum atomic E-state index is 0.153. The first-order chi connectivity index (χ1) is 9.17. The zero-order valence-electron chi connectivity index (χ0n) is 12.0. The molecule has 0 bridgehead atoms. The van der Waals surface area contributed by atoms with Gasteiger partial charge in [-0.3, -0.25) is 0 Å². The zero-order chi connectivity index (χ0) is 14.1. The second kappa shape index (κ2) is 9.34. The highest BCUT2D eigenvalue weighted by molar-refractivity contribution is 9.10. The van der Waals surface area contributed by atoms with Gasteiger partial charge < -0.3 is 14.8 Å². The Bertz CT molecular complexity index is 371. The van der Waals surface area contributed by atoms with Crippen molar-refractivity contribution in [3.05, 3.63) is 28.2 Å². The summed E-state index contributed by atoms with van der Waals surface area (Å²) in [6, 6.07) is 6.24. The van der Waals surface area contributed by atoms with Crippen LogP contribution in [0.1, 0.15) is 32.3 Å². The van der Waals surface area contributed by atoms with Crippen molar-refractivity contribution in [2.24, 2.45) is 0 Å². The molecule has 1 rings (SSSR count). The average molecular weight is 330 g/mol. The van der Waals surface area contributed by atoms with Crippen LogP contribution >= 0.6 is 15.9 Å². The van der Waals surface area contributed by atoms with E-state index in [4.69, 9.17) is 9.47 Å². The Morgan fingerprint density at radius 3 is 2.79 bits per heavy atom. The fraction of sp³-hybridized carbons (Fsp3) is 0.600. The van der Waals surface area contributed by atoms with Crippen LogP contribution in [-0.4, -0.2) is 26.4 Å². The largest absolute Gasteiger partial charge is 0.489 e. The molecule has 1 aromatic rings. The van der Waals surface area contributed by atoms with Gasteiger partial charge in [0.1, 0.15) is 5.75 Å². The molecule has 0 aliphatic carbocycles. The molecule has 0 spiro atoms. The molecule has 1 aromatic carbocycles. The van der Waals surface area contributed by atoms with Crippen LogP contribution in [0.25, 0.3) is 0 Å². The quantitative estimate of drug-likeness (QED) is 0.700. The van der Waals surface area contributed by atoms with E-state index in [2.05, 4.69) is 47.2 Å². The van der Waals surface area contributed by atoms with Gasteiger partial charge in [0, 0.05) is 26.7 Å². The summed E-state index contributed by atoms with van der Waals surface area (Å²) in [4.78, 5) is 0. The highest BCUT2D eigenvalue weighted by atomic mass is 79.9. The maximum absolute atomic E-state index is 5.88. The number of methoxy groups -OCH3 is 1. The topological polar surface area (TPSA) is 30.5 Å². The third-order valence-corrected chi connectivity index (χ3v) is 3.43. The molecule has 1 unspecified atom stereocenters. The smallest absolute Gasteiger partial charge is 0.133 e. The lowest BCUT2D eigenvalue weighted by Gasteiger charge is -2.16. The summed E-state index contributed by atoms with van der Waals surface area (Å²) in [5, 5.41) is 3.39. The lowest BCUT2D eigenvalue weighted by molar-refractivity contribution is 0.134. The van der Waals surface area contributed by atoms with E-state index in [1.807, 2.05) is 6.07 Å². The fourth-order valence-corrected chi connectivity index (χ4v) is 2.24. The monoisotopic (exact) mass is 329 g/mol. The third-order valence-electron chi connectivity index (χ3n) is 2.81. The van der Waals surface area contributed by atoms with Crippen LogP contribution < -0.4 is 10.1 Å². The lowest BCUT2D eigenvalue weighted by atomic mass is 10.2.